The smallest absolute Gasteiger partial charge is 0.112 e. The zero-order valence-electron chi connectivity index (χ0n) is 9.88. The molecule has 0 aromatic carbocycles. The Kier molecular flexibility index (Phi) is 3.18. The van der Waals surface area contributed by atoms with Gasteiger partial charge in [-0.15, -0.1) is 0 Å². The molecule has 1 aliphatic rings. The Hall–Kier alpha value is -1.20. The van der Waals surface area contributed by atoms with Gasteiger partial charge >= 0.3 is 0 Å². The number of rotatable bonds is 1. The molecule has 0 saturated carbocycles. The van der Waals surface area contributed by atoms with Crippen molar-refractivity contribution in [3.63, 3.8) is 0 Å². The van der Waals surface area contributed by atoms with Crippen LogP contribution in [0, 0.1) is 0 Å². The van der Waals surface area contributed by atoms with Crippen LogP contribution in [0.5, 0.6) is 0 Å². The third-order valence-electron chi connectivity index (χ3n) is 3.26. The molecule has 0 radical (unpaired) electrons. The second-order valence-corrected chi connectivity index (χ2v) is 5.51. The van der Waals surface area contributed by atoms with Gasteiger partial charge in [0.05, 0.1) is 17.3 Å². The van der Waals surface area contributed by atoms with Gasteiger partial charge in [-0.1, -0.05) is 0 Å². The minimum Gasteiger partial charge on any atom is -0.391 e. The lowest BCUT2D eigenvalue weighted by atomic mass is 10.1. The molecule has 1 N–H and O–H groups in total. The van der Waals surface area contributed by atoms with Crippen molar-refractivity contribution >= 4 is 32.7 Å². The lowest BCUT2D eigenvalue weighted by Crippen LogP contribution is -2.38. The molecule has 2 aromatic heterocycles. The van der Waals surface area contributed by atoms with Gasteiger partial charge in [-0.05, 0) is 40.9 Å². The summed E-state index contributed by atoms with van der Waals surface area (Å²) in [6.07, 6.45) is 5.25. The zero-order chi connectivity index (χ0) is 12.5. The van der Waals surface area contributed by atoms with E-state index in [4.69, 9.17) is 0 Å². The quantitative estimate of drug-likeness (QED) is 0.878. The molecule has 94 valence electrons. The van der Waals surface area contributed by atoms with E-state index in [1.54, 1.807) is 12.4 Å². The maximum Gasteiger partial charge on any atom is 0.112 e. The SMILES string of the molecule is O[C@H]1CCCN(c2ccnc3cc(Br)cnc23)C1. The topological polar surface area (TPSA) is 49.2 Å². The van der Waals surface area contributed by atoms with E-state index in [9.17, 15) is 5.11 Å². The molecule has 1 saturated heterocycles. The first-order valence-electron chi connectivity index (χ1n) is 6.07. The first-order valence-corrected chi connectivity index (χ1v) is 6.86. The van der Waals surface area contributed by atoms with Crippen molar-refractivity contribution in [3.8, 4) is 0 Å². The van der Waals surface area contributed by atoms with Crippen molar-refractivity contribution in [2.45, 2.75) is 18.9 Å². The number of aliphatic hydroxyl groups excluding tert-OH is 1. The van der Waals surface area contributed by atoms with E-state index in [1.165, 1.54) is 0 Å². The number of hydrogen-bond acceptors (Lipinski definition) is 4. The number of anilines is 1. The number of piperidine rings is 1. The first-order chi connectivity index (χ1) is 8.74. The Bertz CT molecular complexity index is 575. The van der Waals surface area contributed by atoms with Crippen LogP contribution in [0.3, 0.4) is 0 Å². The molecule has 1 fully saturated rings. The summed E-state index contributed by atoms with van der Waals surface area (Å²) in [5, 5.41) is 9.77. The largest absolute Gasteiger partial charge is 0.391 e. The van der Waals surface area contributed by atoms with Gasteiger partial charge < -0.3 is 10.0 Å². The standard InChI is InChI=1S/C13H14BrN3O/c14-9-6-11-13(16-7-9)12(3-4-15-11)17-5-1-2-10(18)8-17/h3-4,6-7,10,18H,1-2,5,8H2/t10-/m0/s1. The second kappa shape index (κ2) is 4.82. The van der Waals surface area contributed by atoms with Crippen molar-refractivity contribution in [2.75, 3.05) is 18.0 Å². The number of nitrogens with zero attached hydrogens (tertiary/aromatic N) is 3. The molecule has 3 heterocycles. The molecule has 4 nitrogen and oxygen atoms in total. The van der Waals surface area contributed by atoms with E-state index in [0.29, 0.717) is 6.54 Å². The summed E-state index contributed by atoms with van der Waals surface area (Å²) in [5.41, 5.74) is 2.84. The molecule has 0 bridgehead atoms. The number of hydrogen-bond donors (Lipinski definition) is 1. The van der Waals surface area contributed by atoms with Gasteiger partial charge in [-0.3, -0.25) is 9.97 Å². The van der Waals surface area contributed by atoms with Gasteiger partial charge in [-0.2, -0.15) is 0 Å². The highest BCUT2D eigenvalue weighted by Gasteiger charge is 2.20. The average molecular weight is 308 g/mol. The molecule has 0 aliphatic carbocycles. The normalized spacial score (nSPS) is 20.3. The van der Waals surface area contributed by atoms with E-state index in [2.05, 4.69) is 30.8 Å². The van der Waals surface area contributed by atoms with Crippen LogP contribution in [0.15, 0.2) is 29.0 Å². The number of fused-ring (bicyclic) bond motifs is 1. The molecular weight excluding hydrogens is 294 g/mol. The third kappa shape index (κ3) is 2.20. The molecule has 18 heavy (non-hydrogen) atoms. The fourth-order valence-electron chi connectivity index (χ4n) is 2.42. The Morgan fingerprint density at radius 2 is 2.28 bits per heavy atom. The van der Waals surface area contributed by atoms with Crippen LogP contribution >= 0.6 is 15.9 Å². The Balaban J connectivity index is 2.05. The van der Waals surface area contributed by atoms with E-state index < -0.39 is 0 Å². The summed E-state index contributed by atoms with van der Waals surface area (Å²) in [4.78, 5) is 11.0. The number of aromatic nitrogens is 2. The Morgan fingerprint density at radius 1 is 1.39 bits per heavy atom. The predicted octanol–water partition coefficient (Wildman–Crippen LogP) is 2.35. The lowest BCUT2D eigenvalue weighted by Gasteiger charge is -2.32. The minimum absolute atomic E-state index is 0.239. The van der Waals surface area contributed by atoms with Gasteiger partial charge in [0.25, 0.3) is 0 Å². The van der Waals surface area contributed by atoms with Crippen LogP contribution in [-0.2, 0) is 0 Å². The van der Waals surface area contributed by atoms with Gasteiger partial charge in [-0.25, -0.2) is 0 Å². The molecule has 3 rings (SSSR count). The molecular formula is C13H14BrN3O. The number of pyridine rings is 2. The maximum atomic E-state index is 9.77. The summed E-state index contributed by atoms with van der Waals surface area (Å²) in [7, 11) is 0. The predicted molar refractivity (Wildman–Crippen MR) is 74.7 cm³/mol. The monoisotopic (exact) mass is 307 g/mol. The highest BCUT2D eigenvalue weighted by atomic mass is 79.9. The summed E-state index contributed by atoms with van der Waals surface area (Å²) in [6.45, 7) is 1.64. The van der Waals surface area contributed by atoms with Crippen LogP contribution < -0.4 is 4.90 Å². The zero-order valence-corrected chi connectivity index (χ0v) is 11.5. The Labute approximate surface area is 114 Å². The highest BCUT2D eigenvalue weighted by molar-refractivity contribution is 9.10. The number of halogens is 1. The molecule has 2 aromatic rings. The third-order valence-corrected chi connectivity index (χ3v) is 3.69. The fourth-order valence-corrected chi connectivity index (χ4v) is 2.74. The number of β-amino-alcohol motifs (C(OH)–C–C–N with tert-alkyl or cyclic N) is 1. The molecule has 5 heteroatoms. The molecule has 1 aliphatic heterocycles. The lowest BCUT2D eigenvalue weighted by molar-refractivity contribution is 0.154. The minimum atomic E-state index is -0.239. The van der Waals surface area contributed by atoms with Gasteiger partial charge in [0, 0.05) is 30.0 Å². The van der Waals surface area contributed by atoms with Gasteiger partial charge in [0.2, 0.25) is 0 Å². The maximum absolute atomic E-state index is 9.77. The van der Waals surface area contributed by atoms with Crippen molar-refractivity contribution in [3.05, 3.63) is 29.0 Å². The highest BCUT2D eigenvalue weighted by Crippen LogP contribution is 2.27. The average Bonchev–Trinajstić information content (AvgIpc) is 2.37. The van der Waals surface area contributed by atoms with E-state index in [0.717, 1.165) is 40.6 Å². The second-order valence-electron chi connectivity index (χ2n) is 4.59. The van der Waals surface area contributed by atoms with Crippen LogP contribution in [0.1, 0.15) is 12.8 Å². The fraction of sp³-hybridized carbons (Fsp3) is 0.385. The summed E-state index contributed by atoms with van der Waals surface area (Å²) < 4.78 is 0.929. The van der Waals surface area contributed by atoms with Crippen LogP contribution in [0.25, 0.3) is 11.0 Å². The number of aliphatic hydroxyl groups is 1. The Morgan fingerprint density at radius 3 is 3.11 bits per heavy atom. The van der Waals surface area contributed by atoms with Crippen LogP contribution in [-0.4, -0.2) is 34.3 Å². The molecule has 0 spiro atoms. The van der Waals surface area contributed by atoms with Crippen molar-refractivity contribution in [1.29, 1.82) is 0 Å². The van der Waals surface area contributed by atoms with Crippen molar-refractivity contribution in [1.82, 2.24) is 9.97 Å². The van der Waals surface area contributed by atoms with Gasteiger partial charge in [0.15, 0.2) is 0 Å². The molecule has 0 unspecified atom stereocenters. The van der Waals surface area contributed by atoms with Crippen molar-refractivity contribution in [2.24, 2.45) is 0 Å². The van der Waals surface area contributed by atoms with E-state index in [1.807, 2.05) is 12.1 Å². The van der Waals surface area contributed by atoms with Gasteiger partial charge in [0.1, 0.15) is 5.52 Å². The molecule has 1 atom stereocenters. The van der Waals surface area contributed by atoms with E-state index >= 15 is 0 Å². The van der Waals surface area contributed by atoms with Crippen LogP contribution in [0.2, 0.25) is 0 Å². The van der Waals surface area contributed by atoms with Crippen molar-refractivity contribution < 1.29 is 5.11 Å². The summed E-state index contributed by atoms with van der Waals surface area (Å²) >= 11 is 3.41. The summed E-state index contributed by atoms with van der Waals surface area (Å²) in [6, 6.07) is 3.94. The molecule has 0 amide bonds. The van der Waals surface area contributed by atoms with E-state index in [-0.39, 0.29) is 6.10 Å². The first kappa shape index (κ1) is 11.9. The van der Waals surface area contributed by atoms with Crippen LogP contribution in [0.4, 0.5) is 5.69 Å². The summed E-state index contributed by atoms with van der Waals surface area (Å²) in [5.74, 6) is 0.